The van der Waals surface area contributed by atoms with Crippen molar-refractivity contribution in [2.75, 3.05) is 31.8 Å². The van der Waals surface area contributed by atoms with Crippen molar-refractivity contribution in [3.63, 3.8) is 0 Å². The van der Waals surface area contributed by atoms with Gasteiger partial charge in [-0.3, -0.25) is 4.79 Å². The van der Waals surface area contributed by atoms with Crippen LogP contribution in [0, 0.1) is 0 Å². The first-order valence-corrected chi connectivity index (χ1v) is 10.5. The van der Waals surface area contributed by atoms with Gasteiger partial charge in [-0.25, -0.2) is 12.7 Å². The molecule has 0 aromatic heterocycles. The molecule has 7 heteroatoms. The highest BCUT2D eigenvalue weighted by Crippen LogP contribution is 2.32. The van der Waals surface area contributed by atoms with E-state index in [0.29, 0.717) is 18.5 Å². The number of fused-ring (bicyclic) bond motifs is 1. The van der Waals surface area contributed by atoms with E-state index >= 15 is 0 Å². The molecule has 2 aromatic rings. The molecule has 1 amide bonds. The van der Waals surface area contributed by atoms with Crippen LogP contribution in [0.5, 0.6) is 0 Å². The minimum Gasteiger partial charge on any atom is -0.308 e. The van der Waals surface area contributed by atoms with Crippen molar-refractivity contribution in [1.29, 1.82) is 0 Å². The van der Waals surface area contributed by atoms with Gasteiger partial charge in [0.05, 0.1) is 4.90 Å². The van der Waals surface area contributed by atoms with Crippen molar-refractivity contribution >= 4 is 33.4 Å². The summed E-state index contributed by atoms with van der Waals surface area (Å²) in [4.78, 5) is 15.9. The molecule has 1 heterocycles. The van der Waals surface area contributed by atoms with Crippen molar-refractivity contribution in [2.24, 2.45) is 0 Å². The minimum absolute atomic E-state index is 0.0605. The number of sulfonamides is 1. The molecule has 3 rings (SSSR count). The number of carbonyl (C=O) groups is 1. The topological polar surface area (TPSA) is 57.7 Å². The van der Waals surface area contributed by atoms with Gasteiger partial charge in [0.25, 0.3) is 5.91 Å². The van der Waals surface area contributed by atoms with Crippen LogP contribution in [0.3, 0.4) is 0 Å². The van der Waals surface area contributed by atoms with E-state index in [1.165, 1.54) is 18.4 Å². The van der Waals surface area contributed by atoms with Gasteiger partial charge in [-0.1, -0.05) is 0 Å². The van der Waals surface area contributed by atoms with Crippen LogP contribution in [0.1, 0.15) is 15.9 Å². The van der Waals surface area contributed by atoms with E-state index < -0.39 is 10.0 Å². The quantitative estimate of drug-likeness (QED) is 0.770. The first-order valence-electron chi connectivity index (χ1n) is 7.86. The zero-order chi connectivity index (χ0) is 18.2. The van der Waals surface area contributed by atoms with Gasteiger partial charge in [0.2, 0.25) is 10.0 Å². The molecule has 0 fully saturated rings. The number of rotatable bonds is 4. The van der Waals surface area contributed by atoms with Gasteiger partial charge in [0.15, 0.2) is 0 Å². The third kappa shape index (κ3) is 3.31. The highest BCUT2D eigenvalue weighted by Gasteiger charge is 2.28. The fourth-order valence-electron chi connectivity index (χ4n) is 2.85. The van der Waals surface area contributed by atoms with E-state index in [-0.39, 0.29) is 10.8 Å². The summed E-state index contributed by atoms with van der Waals surface area (Å²) < 4.78 is 25.7. The molecule has 0 bridgehead atoms. The van der Waals surface area contributed by atoms with Gasteiger partial charge >= 0.3 is 0 Å². The first kappa shape index (κ1) is 18.0. The van der Waals surface area contributed by atoms with E-state index in [9.17, 15) is 13.2 Å². The van der Waals surface area contributed by atoms with E-state index in [1.807, 2.05) is 30.5 Å². The molecule has 0 saturated carbocycles. The summed E-state index contributed by atoms with van der Waals surface area (Å²) in [5.41, 5.74) is 2.31. The molecule has 132 valence electrons. The Hall–Kier alpha value is -1.83. The highest BCUT2D eigenvalue weighted by atomic mass is 32.2. The summed E-state index contributed by atoms with van der Waals surface area (Å²) in [5.74, 6) is -0.0605. The van der Waals surface area contributed by atoms with Crippen LogP contribution in [-0.4, -0.2) is 45.5 Å². The first-order chi connectivity index (χ1) is 11.8. The average molecular weight is 377 g/mol. The summed E-state index contributed by atoms with van der Waals surface area (Å²) in [6, 6.07) is 12.5. The van der Waals surface area contributed by atoms with Crippen LogP contribution in [0.25, 0.3) is 0 Å². The van der Waals surface area contributed by atoms with Crippen molar-refractivity contribution in [3.8, 4) is 0 Å². The number of benzene rings is 2. The van der Waals surface area contributed by atoms with Crippen molar-refractivity contribution in [2.45, 2.75) is 16.2 Å². The highest BCUT2D eigenvalue weighted by molar-refractivity contribution is 7.98. The van der Waals surface area contributed by atoms with Gasteiger partial charge in [-0.15, -0.1) is 11.8 Å². The monoisotopic (exact) mass is 376 g/mol. The fraction of sp³-hybridized carbons (Fsp3) is 0.278. The smallest absolute Gasteiger partial charge is 0.258 e. The van der Waals surface area contributed by atoms with Gasteiger partial charge in [-0.2, -0.15) is 0 Å². The lowest BCUT2D eigenvalue weighted by molar-refractivity contribution is 0.0989. The van der Waals surface area contributed by atoms with Gasteiger partial charge in [0.1, 0.15) is 0 Å². The Morgan fingerprint density at radius 3 is 2.40 bits per heavy atom. The standard InChI is InChI=1S/C18H20N2O3S2/c1-19(2)25(22,23)16-8-9-17-14(12-16)10-11-20(17)18(21)13-4-6-15(24-3)7-5-13/h4-9,12H,10-11H2,1-3H3. The molecule has 0 radical (unpaired) electrons. The third-order valence-corrected chi connectivity index (χ3v) is 6.86. The Bertz CT molecular complexity index is 906. The molecular weight excluding hydrogens is 356 g/mol. The number of nitrogens with zero attached hydrogens (tertiary/aromatic N) is 2. The predicted octanol–water partition coefficient (Wildman–Crippen LogP) is 2.86. The van der Waals surface area contributed by atoms with Gasteiger partial charge < -0.3 is 4.90 Å². The lowest BCUT2D eigenvalue weighted by atomic mass is 10.1. The van der Waals surface area contributed by atoms with Crippen molar-refractivity contribution < 1.29 is 13.2 Å². The number of hydrogen-bond donors (Lipinski definition) is 0. The Balaban J connectivity index is 1.90. The summed E-state index contributed by atoms with van der Waals surface area (Å²) in [5, 5.41) is 0. The van der Waals surface area contributed by atoms with Crippen LogP contribution >= 0.6 is 11.8 Å². The van der Waals surface area contributed by atoms with Crippen LogP contribution in [0.15, 0.2) is 52.3 Å². The lowest BCUT2D eigenvalue weighted by Crippen LogP contribution is -2.28. The Kier molecular flexibility index (Phi) is 4.90. The normalized spacial score (nSPS) is 14.0. The second-order valence-electron chi connectivity index (χ2n) is 6.01. The molecule has 1 aliphatic rings. The number of amides is 1. The summed E-state index contributed by atoms with van der Waals surface area (Å²) in [7, 11) is -0.447. The molecule has 0 atom stereocenters. The maximum absolute atomic E-state index is 12.8. The molecule has 25 heavy (non-hydrogen) atoms. The Labute approximate surface area is 152 Å². The van der Waals surface area contributed by atoms with Crippen LogP contribution in [-0.2, 0) is 16.4 Å². The molecule has 0 aliphatic carbocycles. The zero-order valence-corrected chi connectivity index (χ0v) is 16.0. The molecular formula is C18H20N2O3S2. The number of anilines is 1. The summed E-state index contributed by atoms with van der Waals surface area (Å²) >= 11 is 1.63. The second-order valence-corrected chi connectivity index (χ2v) is 9.04. The molecule has 2 aromatic carbocycles. The van der Waals surface area contributed by atoms with Gasteiger partial charge in [-0.05, 0) is 60.7 Å². The van der Waals surface area contributed by atoms with Crippen molar-refractivity contribution in [3.05, 3.63) is 53.6 Å². The maximum atomic E-state index is 12.8. The number of hydrogen-bond acceptors (Lipinski definition) is 4. The maximum Gasteiger partial charge on any atom is 0.258 e. The fourth-order valence-corrected chi connectivity index (χ4v) is 4.21. The summed E-state index contributed by atoms with van der Waals surface area (Å²) in [6.45, 7) is 0.559. The van der Waals surface area contributed by atoms with E-state index in [1.54, 1.807) is 34.9 Å². The predicted molar refractivity (Wildman–Crippen MR) is 101 cm³/mol. The van der Waals surface area contributed by atoms with Crippen LogP contribution in [0.4, 0.5) is 5.69 Å². The molecule has 0 N–H and O–H groups in total. The third-order valence-electron chi connectivity index (χ3n) is 4.31. The van der Waals surface area contributed by atoms with Gasteiger partial charge in [0, 0.05) is 36.8 Å². The molecule has 5 nitrogen and oxygen atoms in total. The SMILES string of the molecule is CSc1ccc(C(=O)N2CCc3cc(S(=O)(=O)N(C)C)ccc32)cc1. The van der Waals surface area contributed by atoms with Crippen molar-refractivity contribution in [1.82, 2.24) is 4.31 Å². The molecule has 1 aliphatic heterocycles. The Morgan fingerprint density at radius 1 is 1.12 bits per heavy atom. The second kappa shape index (κ2) is 6.82. The molecule has 0 unspecified atom stereocenters. The lowest BCUT2D eigenvalue weighted by Gasteiger charge is -2.18. The number of carbonyl (C=O) groups excluding carboxylic acids is 1. The zero-order valence-electron chi connectivity index (χ0n) is 14.4. The minimum atomic E-state index is -3.47. The van der Waals surface area contributed by atoms with Crippen LogP contribution in [0.2, 0.25) is 0 Å². The van der Waals surface area contributed by atoms with E-state index in [0.717, 1.165) is 16.1 Å². The largest absolute Gasteiger partial charge is 0.308 e. The molecule has 0 spiro atoms. The Morgan fingerprint density at radius 2 is 1.80 bits per heavy atom. The number of thioether (sulfide) groups is 1. The van der Waals surface area contributed by atoms with E-state index in [4.69, 9.17) is 0 Å². The van der Waals surface area contributed by atoms with E-state index in [2.05, 4.69) is 0 Å². The summed E-state index contributed by atoms with van der Waals surface area (Å²) in [6.07, 6.45) is 2.65. The molecule has 0 saturated heterocycles. The average Bonchev–Trinajstić information content (AvgIpc) is 3.04. The van der Waals surface area contributed by atoms with Crippen LogP contribution < -0.4 is 4.90 Å².